The molecule has 4 aliphatic heterocycles. The molecule has 5 amide bonds. The summed E-state index contributed by atoms with van der Waals surface area (Å²) in [5, 5.41) is 4.14. The van der Waals surface area contributed by atoms with Crippen LogP contribution in [-0.2, 0) is 19.1 Å². The molecule has 2 bridgehead atoms. The monoisotopic (exact) mass is 607 g/mol. The fraction of sp³-hybridized carbons (Fsp3) is 0.294. The Morgan fingerprint density at radius 3 is 2.18 bits per heavy atom. The van der Waals surface area contributed by atoms with E-state index in [0.29, 0.717) is 39.7 Å². The Bertz CT molecular complexity index is 1750. The number of hydrogen-bond donors (Lipinski definition) is 1. The number of rotatable bonds is 10. The summed E-state index contributed by atoms with van der Waals surface area (Å²) in [6, 6.07) is 14.7. The summed E-state index contributed by atoms with van der Waals surface area (Å²) in [6.07, 6.45) is 3.11. The first-order chi connectivity index (χ1) is 21.8. The van der Waals surface area contributed by atoms with Gasteiger partial charge < -0.3 is 14.8 Å². The summed E-state index contributed by atoms with van der Waals surface area (Å²) >= 11 is 0. The Kier molecular flexibility index (Phi) is 7.04. The van der Waals surface area contributed by atoms with Crippen molar-refractivity contribution < 1.29 is 38.2 Å². The van der Waals surface area contributed by atoms with Crippen molar-refractivity contribution in [2.24, 2.45) is 11.8 Å². The van der Waals surface area contributed by atoms with E-state index in [9.17, 15) is 28.8 Å². The van der Waals surface area contributed by atoms with Crippen LogP contribution in [0, 0.1) is 18.8 Å². The van der Waals surface area contributed by atoms with Gasteiger partial charge in [-0.05, 0) is 36.1 Å². The zero-order valence-corrected chi connectivity index (χ0v) is 24.3. The molecule has 0 radical (unpaired) electrons. The van der Waals surface area contributed by atoms with Crippen LogP contribution in [0.5, 0.6) is 5.75 Å². The number of carbonyl (C=O) groups excluding carboxylic acids is 6. The van der Waals surface area contributed by atoms with Gasteiger partial charge in [-0.1, -0.05) is 48.6 Å². The second-order valence-electron chi connectivity index (χ2n) is 11.6. The van der Waals surface area contributed by atoms with Crippen molar-refractivity contribution in [1.82, 2.24) is 15.1 Å². The van der Waals surface area contributed by atoms with Gasteiger partial charge >= 0.3 is 0 Å². The van der Waals surface area contributed by atoms with Crippen molar-refractivity contribution in [3.05, 3.63) is 89.0 Å². The Labute approximate surface area is 257 Å². The number of aryl methyl sites for hydroxylation is 1. The molecule has 1 unspecified atom stereocenters. The average molecular weight is 608 g/mol. The minimum Gasteiger partial charge on any atom is -0.491 e. The number of nitrogens with one attached hydrogen (secondary N) is 1. The molecular formula is C34H29N3O8. The topological polar surface area (TPSA) is 139 Å². The maximum atomic E-state index is 13.5. The van der Waals surface area contributed by atoms with Gasteiger partial charge in [-0.3, -0.25) is 38.6 Å². The molecule has 0 aromatic heterocycles. The average Bonchev–Trinajstić information content (AvgIpc) is 3.73. The van der Waals surface area contributed by atoms with Crippen molar-refractivity contribution in [1.29, 1.82) is 0 Å². The van der Waals surface area contributed by atoms with Crippen LogP contribution in [-0.4, -0.2) is 83.6 Å². The molecule has 11 nitrogen and oxygen atoms in total. The molecule has 228 valence electrons. The van der Waals surface area contributed by atoms with E-state index in [-0.39, 0.29) is 26.1 Å². The maximum Gasteiger partial charge on any atom is 0.261 e. The lowest BCUT2D eigenvalue weighted by Gasteiger charge is -2.29. The Morgan fingerprint density at radius 2 is 1.56 bits per heavy atom. The summed E-state index contributed by atoms with van der Waals surface area (Å²) in [5.41, 5.74) is 1.85. The van der Waals surface area contributed by atoms with Crippen molar-refractivity contribution >= 4 is 46.6 Å². The molecule has 45 heavy (non-hydrogen) atoms. The molecule has 4 aliphatic rings. The van der Waals surface area contributed by atoms with Crippen molar-refractivity contribution in [3.63, 3.8) is 0 Å². The van der Waals surface area contributed by atoms with E-state index in [0.717, 1.165) is 15.2 Å². The van der Waals surface area contributed by atoms with Gasteiger partial charge in [0.05, 0.1) is 35.6 Å². The quantitative estimate of drug-likeness (QED) is 0.211. The minimum atomic E-state index is -0.887. The van der Waals surface area contributed by atoms with Crippen molar-refractivity contribution in [2.45, 2.75) is 31.6 Å². The maximum absolute atomic E-state index is 13.5. The van der Waals surface area contributed by atoms with Gasteiger partial charge in [-0.15, -0.1) is 0 Å². The molecular weight excluding hydrogens is 578 g/mol. The number of imide groups is 2. The SMILES string of the molecule is Cc1cccc(OCC(CNC(=O)CCN2C(=O)c3cccc4cccc(c34)C2=O)N2C(=O)[C@@H]3[C@H](C2=O)[C@H]2C=C[C@@H]3O2)c1C=O. The molecule has 2 fully saturated rings. The molecule has 0 spiro atoms. The lowest BCUT2D eigenvalue weighted by Crippen LogP contribution is -2.51. The molecule has 2 saturated heterocycles. The van der Waals surface area contributed by atoms with Gasteiger partial charge in [-0.25, -0.2) is 0 Å². The van der Waals surface area contributed by atoms with Crippen LogP contribution in [0.3, 0.4) is 0 Å². The van der Waals surface area contributed by atoms with Crippen LogP contribution in [0.4, 0.5) is 0 Å². The fourth-order valence-electron chi connectivity index (χ4n) is 6.84. The minimum absolute atomic E-state index is 0.133. The summed E-state index contributed by atoms with van der Waals surface area (Å²) < 4.78 is 11.7. The summed E-state index contributed by atoms with van der Waals surface area (Å²) in [4.78, 5) is 80.5. The van der Waals surface area contributed by atoms with E-state index in [4.69, 9.17) is 9.47 Å². The smallest absolute Gasteiger partial charge is 0.261 e. The van der Waals surface area contributed by atoms with Crippen LogP contribution in [0.2, 0.25) is 0 Å². The molecule has 3 aromatic carbocycles. The third kappa shape index (κ3) is 4.62. The normalized spacial score (nSPS) is 23.6. The van der Waals surface area contributed by atoms with E-state index in [1.807, 2.05) is 12.1 Å². The number of hydrogen-bond acceptors (Lipinski definition) is 8. The highest BCUT2D eigenvalue weighted by molar-refractivity contribution is 6.25. The first-order valence-corrected chi connectivity index (χ1v) is 14.8. The van der Waals surface area contributed by atoms with Gasteiger partial charge in [0.1, 0.15) is 12.4 Å². The number of ether oxygens (including phenoxy) is 2. The predicted octanol–water partition coefficient (Wildman–Crippen LogP) is 2.45. The molecule has 3 aromatic rings. The van der Waals surface area contributed by atoms with Crippen molar-refractivity contribution in [3.8, 4) is 5.75 Å². The number of aldehydes is 1. The van der Waals surface area contributed by atoms with Crippen molar-refractivity contribution in [2.75, 3.05) is 19.7 Å². The van der Waals surface area contributed by atoms with Gasteiger partial charge in [0.15, 0.2) is 6.29 Å². The Balaban J connectivity index is 1.06. The third-order valence-corrected chi connectivity index (χ3v) is 9.10. The number of carbonyl (C=O) groups is 6. The lowest BCUT2D eigenvalue weighted by atomic mass is 9.85. The van der Waals surface area contributed by atoms with E-state index >= 15 is 0 Å². The highest BCUT2D eigenvalue weighted by atomic mass is 16.5. The van der Waals surface area contributed by atoms with Gasteiger partial charge in [0.25, 0.3) is 11.8 Å². The highest BCUT2D eigenvalue weighted by Gasteiger charge is 2.61. The predicted molar refractivity (Wildman–Crippen MR) is 159 cm³/mol. The van der Waals surface area contributed by atoms with E-state index in [1.54, 1.807) is 61.5 Å². The number of fused-ring (bicyclic) bond motifs is 5. The van der Waals surface area contributed by atoms with Gasteiger partial charge in [0.2, 0.25) is 17.7 Å². The van der Waals surface area contributed by atoms with E-state index in [1.165, 1.54) is 0 Å². The van der Waals surface area contributed by atoms with E-state index in [2.05, 4.69) is 5.32 Å². The van der Waals surface area contributed by atoms with Crippen LogP contribution < -0.4 is 10.1 Å². The Morgan fingerprint density at radius 1 is 0.933 bits per heavy atom. The molecule has 5 atom stereocenters. The number of nitrogens with zero attached hydrogens (tertiary/aromatic N) is 2. The van der Waals surface area contributed by atoms with Crippen LogP contribution >= 0.6 is 0 Å². The summed E-state index contributed by atoms with van der Waals surface area (Å²) in [6.45, 7) is 1.31. The highest BCUT2D eigenvalue weighted by Crippen LogP contribution is 2.45. The number of likely N-dealkylation sites (tertiary alicyclic amines) is 1. The van der Waals surface area contributed by atoms with Gasteiger partial charge in [0, 0.05) is 36.0 Å². The Hall–Kier alpha value is -5.16. The van der Waals surface area contributed by atoms with Crippen LogP contribution in [0.15, 0.2) is 66.7 Å². The molecule has 1 N–H and O–H groups in total. The molecule has 7 rings (SSSR count). The zero-order chi connectivity index (χ0) is 31.4. The van der Waals surface area contributed by atoms with Gasteiger partial charge in [-0.2, -0.15) is 0 Å². The molecule has 11 heteroatoms. The largest absolute Gasteiger partial charge is 0.491 e. The molecule has 0 saturated carbocycles. The second kappa shape index (κ2) is 11.1. The second-order valence-corrected chi connectivity index (χ2v) is 11.6. The lowest BCUT2D eigenvalue weighted by molar-refractivity contribution is -0.146. The molecule has 4 heterocycles. The van der Waals surface area contributed by atoms with Crippen LogP contribution in [0.1, 0.15) is 43.1 Å². The fourth-order valence-corrected chi connectivity index (χ4v) is 6.84. The number of amides is 5. The summed E-state index contributed by atoms with van der Waals surface area (Å²) in [7, 11) is 0. The zero-order valence-electron chi connectivity index (χ0n) is 24.3. The van der Waals surface area contributed by atoms with Crippen LogP contribution in [0.25, 0.3) is 10.8 Å². The van der Waals surface area contributed by atoms with E-state index < -0.39 is 59.6 Å². The number of benzene rings is 3. The first-order valence-electron chi connectivity index (χ1n) is 14.8. The summed E-state index contributed by atoms with van der Waals surface area (Å²) in [5.74, 6) is -3.22. The first kappa shape index (κ1) is 28.6. The third-order valence-electron chi connectivity index (χ3n) is 9.10. The molecule has 0 aliphatic carbocycles. The standard InChI is InChI=1S/C34H29N3O8/c1-18-5-2-10-24(23(18)16-38)44-17-20(37-33(42)29-25-11-12-26(45-25)30(29)34(37)43)15-35-27(39)13-14-36-31(40)21-8-3-6-19-7-4-9-22(28(19)21)32(36)41/h2-12,16,20,25-26,29-30H,13-15,17H2,1H3,(H,35,39)/t20?,25-,26+,29-,30+.